The van der Waals surface area contributed by atoms with Crippen molar-refractivity contribution in [3.05, 3.63) is 59.1 Å². The zero-order valence-corrected chi connectivity index (χ0v) is 11.6. The van der Waals surface area contributed by atoms with E-state index in [0.29, 0.717) is 10.8 Å². The van der Waals surface area contributed by atoms with Crippen molar-refractivity contribution in [1.29, 1.82) is 0 Å². The average molecular weight is 288 g/mol. The van der Waals surface area contributed by atoms with Crippen LogP contribution in [0.25, 0.3) is 0 Å². The molecule has 4 nitrogen and oxygen atoms in total. The van der Waals surface area contributed by atoms with Gasteiger partial charge in [0.2, 0.25) is 0 Å². The van der Waals surface area contributed by atoms with Crippen LogP contribution in [0.4, 0.5) is 0 Å². The molecule has 1 unspecified atom stereocenters. The molecule has 20 heavy (non-hydrogen) atoms. The Hall–Kier alpha value is -1.94. The molecule has 0 aromatic carbocycles. The lowest BCUT2D eigenvalue weighted by Crippen LogP contribution is -2.31. The van der Waals surface area contributed by atoms with Crippen molar-refractivity contribution in [2.24, 2.45) is 0 Å². The Labute approximate surface area is 122 Å². The van der Waals surface area contributed by atoms with Gasteiger partial charge in [-0.15, -0.1) is 0 Å². The SMILES string of the molecule is O=C(c1cccc(Cl)n1)N1CCCC1c1ccncc1. The van der Waals surface area contributed by atoms with Gasteiger partial charge in [0.05, 0.1) is 6.04 Å². The topological polar surface area (TPSA) is 46.1 Å². The van der Waals surface area contributed by atoms with Gasteiger partial charge >= 0.3 is 0 Å². The van der Waals surface area contributed by atoms with E-state index >= 15 is 0 Å². The van der Waals surface area contributed by atoms with E-state index < -0.39 is 0 Å². The largest absolute Gasteiger partial charge is 0.330 e. The fraction of sp³-hybridized carbons (Fsp3) is 0.267. The quantitative estimate of drug-likeness (QED) is 0.797. The molecule has 1 aliphatic rings. The monoisotopic (exact) mass is 287 g/mol. The molecule has 3 heterocycles. The molecule has 0 radical (unpaired) electrons. The molecule has 0 spiro atoms. The number of likely N-dealkylation sites (tertiary alicyclic amines) is 1. The standard InChI is InChI=1S/C15H14ClN3O/c16-14-5-1-3-12(18-14)15(20)19-10-2-4-13(19)11-6-8-17-9-7-11/h1,3,5-9,13H,2,4,10H2. The summed E-state index contributed by atoms with van der Waals surface area (Å²) in [5, 5.41) is 0.343. The molecule has 1 fully saturated rings. The Morgan fingerprint density at radius 3 is 2.80 bits per heavy atom. The molecular formula is C15H14ClN3O. The van der Waals surface area contributed by atoms with Crippen molar-refractivity contribution >= 4 is 17.5 Å². The van der Waals surface area contributed by atoms with Gasteiger partial charge in [-0.2, -0.15) is 0 Å². The minimum absolute atomic E-state index is 0.0631. The number of rotatable bonds is 2. The van der Waals surface area contributed by atoms with Gasteiger partial charge in [-0.3, -0.25) is 9.78 Å². The second-order valence-electron chi connectivity index (χ2n) is 4.78. The number of pyridine rings is 2. The molecule has 102 valence electrons. The molecule has 2 aromatic rings. The van der Waals surface area contributed by atoms with E-state index in [4.69, 9.17) is 11.6 Å². The van der Waals surface area contributed by atoms with Crippen molar-refractivity contribution in [3.63, 3.8) is 0 Å². The summed E-state index contributed by atoms with van der Waals surface area (Å²) < 4.78 is 0. The van der Waals surface area contributed by atoms with Crippen LogP contribution in [0.1, 0.15) is 34.9 Å². The highest BCUT2D eigenvalue weighted by atomic mass is 35.5. The van der Waals surface area contributed by atoms with E-state index in [2.05, 4.69) is 9.97 Å². The van der Waals surface area contributed by atoms with Crippen LogP contribution < -0.4 is 0 Å². The number of carbonyl (C=O) groups excluding carboxylic acids is 1. The Balaban J connectivity index is 1.87. The number of halogens is 1. The minimum Gasteiger partial charge on any atom is -0.330 e. The molecule has 0 bridgehead atoms. The van der Waals surface area contributed by atoms with Crippen molar-refractivity contribution in [2.45, 2.75) is 18.9 Å². The van der Waals surface area contributed by atoms with Crippen LogP contribution in [0.15, 0.2) is 42.7 Å². The molecular weight excluding hydrogens is 274 g/mol. The first-order chi connectivity index (χ1) is 9.75. The Morgan fingerprint density at radius 1 is 1.25 bits per heavy atom. The van der Waals surface area contributed by atoms with Crippen molar-refractivity contribution < 1.29 is 4.79 Å². The third kappa shape index (κ3) is 2.51. The number of aromatic nitrogens is 2. The fourth-order valence-corrected chi connectivity index (χ4v) is 2.78. The number of amides is 1. The Bertz CT molecular complexity index is 618. The summed E-state index contributed by atoms with van der Waals surface area (Å²) in [6, 6.07) is 9.15. The summed E-state index contributed by atoms with van der Waals surface area (Å²) in [6.07, 6.45) is 5.48. The van der Waals surface area contributed by atoms with Gasteiger partial charge < -0.3 is 4.90 Å². The van der Waals surface area contributed by atoms with Crippen molar-refractivity contribution in [2.75, 3.05) is 6.54 Å². The lowest BCUT2D eigenvalue weighted by Gasteiger charge is -2.24. The average Bonchev–Trinajstić information content (AvgIpc) is 2.97. The van der Waals surface area contributed by atoms with Gasteiger partial charge in [0.25, 0.3) is 5.91 Å². The summed E-state index contributed by atoms with van der Waals surface area (Å²) >= 11 is 5.86. The second-order valence-corrected chi connectivity index (χ2v) is 5.17. The van der Waals surface area contributed by atoms with Gasteiger partial charge in [-0.05, 0) is 42.7 Å². The van der Waals surface area contributed by atoms with E-state index in [1.165, 1.54) is 0 Å². The highest BCUT2D eigenvalue weighted by molar-refractivity contribution is 6.29. The van der Waals surface area contributed by atoms with Crippen LogP contribution in [-0.4, -0.2) is 27.3 Å². The normalized spacial score (nSPS) is 18.2. The zero-order chi connectivity index (χ0) is 13.9. The van der Waals surface area contributed by atoms with Crippen molar-refractivity contribution in [3.8, 4) is 0 Å². The predicted molar refractivity (Wildman–Crippen MR) is 76.5 cm³/mol. The first-order valence-corrected chi connectivity index (χ1v) is 6.97. The van der Waals surface area contributed by atoms with Crippen LogP contribution in [0.5, 0.6) is 0 Å². The highest BCUT2D eigenvalue weighted by Crippen LogP contribution is 2.32. The fourth-order valence-electron chi connectivity index (χ4n) is 2.62. The predicted octanol–water partition coefficient (Wildman–Crippen LogP) is 3.11. The molecule has 1 aliphatic heterocycles. The summed E-state index contributed by atoms with van der Waals surface area (Å²) in [7, 11) is 0. The molecule has 0 N–H and O–H groups in total. The van der Waals surface area contributed by atoms with E-state index in [9.17, 15) is 4.79 Å². The summed E-state index contributed by atoms with van der Waals surface area (Å²) in [6.45, 7) is 0.750. The molecule has 3 rings (SSSR count). The lowest BCUT2D eigenvalue weighted by atomic mass is 10.1. The lowest BCUT2D eigenvalue weighted by molar-refractivity contribution is 0.0729. The molecule has 1 atom stereocenters. The maximum absolute atomic E-state index is 12.6. The Kier molecular flexibility index (Phi) is 3.65. The molecule has 0 saturated carbocycles. The van der Waals surface area contributed by atoms with Gasteiger partial charge in [-0.25, -0.2) is 4.98 Å². The van der Waals surface area contributed by atoms with E-state index in [0.717, 1.165) is 24.9 Å². The molecule has 1 saturated heterocycles. The molecule has 0 aliphatic carbocycles. The summed E-state index contributed by atoms with van der Waals surface area (Å²) in [5.41, 5.74) is 1.52. The van der Waals surface area contributed by atoms with E-state index in [-0.39, 0.29) is 11.9 Å². The zero-order valence-electron chi connectivity index (χ0n) is 10.9. The van der Waals surface area contributed by atoms with E-state index in [1.807, 2.05) is 17.0 Å². The maximum atomic E-state index is 12.6. The second kappa shape index (κ2) is 5.59. The van der Waals surface area contributed by atoms with E-state index in [1.54, 1.807) is 30.6 Å². The van der Waals surface area contributed by atoms with Crippen LogP contribution in [0, 0.1) is 0 Å². The Morgan fingerprint density at radius 2 is 2.05 bits per heavy atom. The van der Waals surface area contributed by atoms with Crippen LogP contribution in [0.2, 0.25) is 5.15 Å². The molecule has 1 amide bonds. The maximum Gasteiger partial charge on any atom is 0.273 e. The van der Waals surface area contributed by atoms with Gasteiger partial charge in [0.1, 0.15) is 10.8 Å². The van der Waals surface area contributed by atoms with Crippen LogP contribution in [-0.2, 0) is 0 Å². The first-order valence-electron chi connectivity index (χ1n) is 6.59. The van der Waals surface area contributed by atoms with Crippen LogP contribution in [0.3, 0.4) is 0 Å². The van der Waals surface area contributed by atoms with Crippen molar-refractivity contribution in [1.82, 2.24) is 14.9 Å². The summed E-state index contributed by atoms with van der Waals surface area (Å²) in [5.74, 6) is -0.0631. The number of hydrogen-bond acceptors (Lipinski definition) is 3. The van der Waals surface area contributed by atoms with Gasteiger partial charge in [0.15, 0.2) is 0 Å². The molecule has 5 heteroatoms. The third-order valence-corrected chi connectivity index (χ3v) is 3.75. The first kappa shape index (κ1) is 13.1. The summed E-state index contributed by atoms with van der Waals surface area (Å²) in [4.78, 5) is 22.6. The van der Waals surface area contributed by atoms with Gasteiger partial charge in [-0.1, -0.05) is 17.7 Å². The van der Waals surface area contributed by atoms with Crippen LogP contribution >= 0.6 is 11.6 Å². The molecule has 2 aromatic heterocycles. The van der Waals surface area contributed by atoms with Gasteiger partial charge in [0, 0.05) is 18.9 Å². The number of nitrogens with zero attached hydrogens (tertiary/aromatic N) is 3. The highest BCUT2D eigenvalue weighted by Gasteiger charge is 2.31. The number of carbonyl (C=O) groups is 1. The minimum atomic E-state index is -0.0631. The smallest absolute Gasteiger partial charge is 0.273 e. The third-order valence-electron chi connectivity index (χ3n) is 3.54. The number of hydrogen-bond donors (Lipinski definition) is 0.